The van der Waals surface area contributed by atoms with E-state index in [1.54, 1.807) is 0 Å². The van der Waals surface area contributed by atoms with Crippen molar-refractivity contribution in [2.45, 2.75) is 10.6 Å². The first kappa shape index (κ1) is 15.0. The van der Waals surface area contributed by atoms with Crippen LogP contribution in [-0.2, 0) is 5.75 Å². The molecule has 4 aromatic rings. The molecule has 0 aliphatic rings. The molecular weight excluding hydrogens is 310 g/mol. The normalized spacial score (nSPS) is 10.8. The van der Waals surface area contributed by atoms with E-state index >= 15 is 0 Å². The van der Waals surface area contributed by atoms with Crippen LogP contribution in [0.2, 0.25) is 0 Å². The molecule has 0 atom stereocenters. The van der Waals surface area contributed by atoms with Crippen molar-refractivity contribution in [1.82, 2.24) is 4.98 Å². The van der Waals surface area contributed by atoms with Crippen LogP contribution in [0.5, 0.6) is 0 Å². The number of nitrogens with zero attached hydrogens (tertiary/aromatic N) is 1. The number of pyridine rings is 1. The van der Waals surface area contributed by atoms with Crippen molar-refractivity contribution < 1.29 is 0 Å². The number of fused-ring (bicyclic) bond motifs is 1. The van der Waals surface area contributed by atoms with Gasteiger partial charge in [0.1, 0.15) is 0 Å². The first-order valence-electron chi connectivity index (χ1n) is 7.94. The summed E-state index contributed by atoms with van der Waals surface area (Å²) in [4.78, 5) is 5.78. The number of benzene rings is 3. The second kappa shape index (κ2) is 6.90. The average Bonchev–Trinajstić information content (AvgIpc) is 2.67. The van der Waals surface area contributed by atoms with Crippen LogP contribution in [-0.4, -0.2) is 4.98 Å². The SMILES string of the molecule is [c]1nc2ccccc2c(SCc2ccccc2)c1-c1ccccc1. The Bertz CT molecular complexity index is 949. The van der Waals surface area contributed by atoms with Crippen LogP contribution in [0, 0.1) is 6.20 Å². The van der Waals surface area contributed by atoms with Gasteiger partial charge in [-0.2, -0.15) is 0 Å². The number of thioether (sulfide) groups is 1. The van der Waals surface area contributed by atoms with E-state index in [1.165, 1.54) is 15.8 Å². The largest absolute Gasteiger partial charge is 0.245 e. The zero-order valence-corrected chi connectivity index (χ0v) is 14.0. The Hall–Kier alpha value is -2.58. The Kier molecular flexibility index (Phi) is 4.30. The van der Waals surface area contributed by atoms with Gasteiger partial charge in [0.05, 0.1) is 11.7 Å². The third-order valence-corrected chi connectivity index (χ3v) is 5.14. The average molecular weight is 326 g/mol. The standard InChI is InChI=1S/C22H16NS/c1-3-9-17(10-4-1)16-24-22-19-13-7-8-14-21(19)23-15-20(22)18-11-5-2-6-12-18/h1-14H,16H2. The molecule has 24 heavy (non-hydrogen) atoms. The summed E-state index contributed by atoms with van der Waals surface area (Å²) in [6.45, 7) is 0. The van der Waals surface area contributed by atoms with Gasteiger partial charge in [-0.15, -0.1) is 11.8 Å². The molecule has 115 valence electrons. The summed E-state index contributed by atoms with van der Waals surface area (Å²) in [5.41, 5.74) is 4.55. The van der Waals surface area contributed by atoms with Gasteiger partial charge in [-0.1, -0.05) is 78.9 Å². The third kappa shape index (κ3) is 3.06. The van der Waals surface area contributed by atoms with Crippen LogP contribution in [0.1, 0.15) is 5.56 Å². The summed E-state index contributed by atoms with van der Waals surface area (Å²) in [6.07, 6.45) is 3.26. The molecule has 0 saturated carbocycles. The maximum absolute atomic E-state index is 4.53. The molecule has 0 spiro atoms. The third-order valence-electron chi connectivity index (χ3n) is 3.95. The van der Waals surface area contributed by atoms with E-state index < -0.39 is 0 Å². The molecule has 0 bridgehead atoms. The van der Waals surface area contributed by atoms with Crippen LogP contribution >= 0.6 is 11.8 Å². The van der Waals surface area contributed by atoms with Gasteiger partial charge < -0.3 is 0 Å². The molecule has 1 nitrogen and oxygen atoms in total. The van der Waals surface area contributed by atoms with Crippen molar-refractivity contribution in [3.05, 3.63) is 96.7 Å². The maximum Gasteiger partial charge on any atom is 0.0990 e. The first-order valence-corrected chi connectivity index (χ1v) is 8.93. The van der Waals surface area contributed by atoms with E-state index in [0.717, 1.165) is 22.4 Å². The first-order chi connectivity index (χ1) is 11.9. The number of para-hydroxylation sites is 1. The van der Waals surface area contributed by atoms with Crippen molar-refractivity contribution in [2.24, 2.45) is 0 Å². The lowest BCUT2D eigenvalue weighted by Gasteiger charge is -2.12. The van der Waals surface area contributed by atoms with E-state index in [-0.39, 0.29) is 0 Å². The van der Waals surface area contributed by atoms with E-state index in [0.29, 0.717) is 0 Å². The molecule has 0 saturated heterocycles. The lowest BCUT2D eigenvalue weighted by atomic mass is 10.1. The molecule has 1 aromatic heterocycles. The Labute approximate surface area is 146 Å². The summed E-state index contributed by atoms with van der Waals surface area (Å²) in [5.74, 6) is 0.933. The molecule has 2 heteroatoms. The molecule has 1 radical (unpaired) electrons. The van der Waals surface area contributed by atoms with Crippen LogP contribution < -0.4 is 0 Å². The minimum atomic E-state index is 0.933. The van der Waals surface area contributed by atoms with Crippen molar-refractivity contribution >= 4 is 22.7 Å². The van der Waals surface area contributed by atoms with Crippen LogP contribution in [0.15, 0.2) is 89.8 Å². The van der Waals surface area contributed by atoms with Crippen LogP contribution in [0.4, 0.5) is 0 Å². The van der Waals surface area contributed by atoms with E-state index in [9.17, 15) is 0 Å². The molecule has 0 amide bonds. The van der Waals surface area contributed by atoms with Crippen molar-refractivity contribution in [1.29, 1.82) is 0 Å². The highest BCUT2D eigenvalue weighted by Crippen LogP contribution is 2.37. The van der Waals surface area contributed by atoms with E-state index in [2.05, 4.69) is 77.9 Å². The highest BCUT2D eigenvalue weighted by Gasteiger charge is 2.11. The zero-order valence-electron chi connectivity index (χ0n) is 13.1. The molecule has 0 aliphatic carbocycles. The smallest absolute Gasteiger partial charge is 0.0990 e. The topological polar surface area (TPSA) is 12.9 Å². The second-order valence-electron chi connectivity index (χ2n) is 5.59. The minimum Gasteiger partial charge on any atom is -0.245 e. The van der Waals surface area contributed by atoms with E-state index in [4.69, 9.17) is 0 Å². The summed E-state index contributed by atoms with van der Waals surface area (Å²) >= 11 is 1.85. The summed E-state index contributed by atoms with van der Waals surface area (Å²) in [6, 6.07) is 29.3. The van der Waals surface area contributed by atoms with Gasteiger partial charge in [-0.3, -0.25) is 0 Å². The molecule has 1 heterocycles. The minimum absolute atomic E-state index is 0.933. The molecule has 0 fully saturated rings. The highest BCUT2D eigenvalue weighted by atomic mass is 32.2. The van der Waals surface area contributed by atoms with Crippen LogP contribution in [0.25, 0.3) is 22.0 Å². The number of rotatable bonds is 4. The van der Waals surface area contributed by atoms with Crippen LogP contribution in [0.3, 0.4) is 0 Å². The van der Waals surface area contributed by atoms with Gasteiger partial charge in [-0.25, -0.2) is 4.98 Å². The Balaban J connectivity index is 1.81. The van der Waals surface area contributed by atoms with Crippen molar-refractivity contribution in [3.63, 3.8) is 0 Å². The summed E-state index contributed by atoms with van der Waals surface area (Å²) < 4.78 is 0. The van der Waals surface area contributed by atoms with Gasteiger partial charge in [0.25, 0.3) is 0 Å². The Morgan fingerprint density at radius 2 is 1.42 bits per heavy atom. The molecular formula is C22H16NS. The Morgan fingerprint density at radius 3 is 2.21 bits per heavy atom. The molecule has 0 aliphatic heterocycles. The quantitative estimate of drug-likeness (QED) is 0.427. The van der Waals surface area contributed by atoms with Crippen molar-refractivity contribution in [3.8, 4) is 11.1 Å². The highest BCUT2D eigenvalue weighted by molar-refractivity contribution is 7.98. The number of aromatic nitrogens is 1. The summed E-state index contributed by atoms with van der Waals surface area (Å²) in [7, 11) is 0. The Morgan fingerprint density at radius 1 is 0.750 bits per heavy atom. The molecule has 3 aromatic carbocycles. The predicted molar refractivity (Wildman–Crippen MR) is 102 cm³/mol. The maximum atomic E-state index is 4.53. The molecule has 0 N–H and O–H groups in total. The fourth-order valence-electron chi connectivity index (χ4n) is 2.74. The fraction of sp³-hybridized carbons (Fsp3) is 0.0455. The number of hydrogen-bond acceptors (Lipinski definition) is 2. The van der Waals surface area contributed by atoms with Crippen molar-refractivity contribution in [2.75, 3.05) is 0 Å². The van der Waals surface area contributed by atoms with E-state index in [1.807, 2.05) is 30.0 Å². The predicted octanol–water partition coefficient (Wildman–Crippen LogP) is 5.99. The lowest BCUT2D eigenvalue weighted by molar-refractivity contribution is 1.32. The fourth-order valence-corrected chi connectivity index (χ4v) is 3.88. The lowest BCUT2D eigenvalue weighted by Crippen LogP contribution is -1.90. The monoisotopic (exact) mass is 326 g/mol. The van der Waals surface area contributed by atoms with Gasteiger partial charge in [0.15, 0.2) is 0 Å². The molecule has 4 rings (SSSR count). The van der Waals surface area contributed by atoms with Gasteiger partial charge in [0, 0.05) is 21.6 Å². The number of hydrogen-bond donors (Lipinski definition) is 0. The van der Waals surface area contributed by atoms with Gasteiger partial charge in [0.2, 0.25) is 0 Å². The van der Waals surface area contributed by atoms with Gasteiger partial charge in [-0.05, 0) is 17.2 Å². The molecule has 0 unspecified atom stereocenters. The van der Waals surface area contributed by atoms with Gasteiger partial charge >= 0.3 is 0 Å². The zero-order chi connectivity index (χ0) is 16.2. The second-order valence-corrected chi connectivity index (χ2v) is 6.57. The summed E-state index contributed by atoms with van der Waals surface area (Å²) in [5, 5.41) is 1.19.